The lowest BCUT2D eigenvalue weighted by Gasteiger charge is -2.17. The van der Waals surface area contributed by atoms with Crippen molar-refractivity contribution in [2.24, 2.45) is 0 Å². The SMILES string of the molecule is CCN(CC)CCCNc1nc(C)cc(OC)n1. The number of ether oxygens (including phenoxy) is 1. The summed E-state index contributed by atoms with van der Waals surface area (Å²) < 4.78 is 5.12. The van der Waals surface area contributed by atoms with Crippen molar-refractivity contribution in [1.82, 2.24) is 14.9 Å². The van der Waals surface area contributed by atoms with Gasteiger partial charge in [-0.15, -0.1) is 0 Å². The first-order valence-corrected chi connectivity index (χ1v) is 6.55. The van der Waals surface area contributed by atoms with Crippen LogP contribution in [0.1, 0.15) is 26.0 Å². The number of hydrogen-bond acceptors (Lipinski definition) is 5. The first-order chi connectivity index (χ1) is 8.69. The molecule has 1 aromatic rings. The summed E-state index contributed by atoms with van der Waals surface area (Å²) in [5.74, 6) is 1.25. The van der Waals surface area contributed by atoms with Crippen LogP contribution < -0.4 is 10.1 Å². The fourth-order valence-electron chi connectivity index (χ4n) is 1.77. The van der Waals surface area contributed by atoms with Crippen molar-refractivity contribution in [3.63, 3.8) is 0 Å². The van der Waals surface area contributed by atoms with E-state index in [-0.39, 0.29) is 0 Å². The van der Waals surface area contributed by atoms with Gasteiger partial charge in [-0.3, -0.25) is 0 Å². The lowest BCUT2D eigenvalue weighted by molar-refractivity contribution is 0.303. The van der Waals surface area contributed by atoms with Crippen LogP contribution in [0.15, 0.2) is 6.07 Å². The van der Waals surface area contributed by atoms with E-state index in [4.69, 9.17) is 4.74 Å². The predicted molar refractivity (Wildman–Crippen MR) is 74.2 cm³/mol. The molecule has 0 unspecified atom stereocenters. The summed E-state index contributed by atoms with van der Waals surface area (Å²) in [7, 11) is 1.62. The smallest absolute Gasteiger partial charge is 0.226 e. The van der Waals surface area contributed by atoms with E-state index in [1.807, 2.05) is 13.0 Å². The van der Waals surface area contributed by atoms with Gasteiger partial charge < -0.3 is 15.0 Å². The lowest BCUT2D eigenvalue weighted by Crippen LogP contribution is -2.25. The van der Waals surface area contributed by atoms with Gasteiger partial charge in [-0.2, -0.15) is 4.98 Å². The maximum Gasteiger partial charge on any atom is 0.226 e. The van der Waals surface area contributed by atoms with E-state index in [0.29, 0.717) is 11.8 Å². The first kappa shape index (κ1) is 14.7. The molecule has 0 radical (unpaired) electrons. The molecule has 1 heterocycles. The molecule has 0 aliphatic rings. The van der Waals surface area contributed by atoms with Crippen molar-refractivity contribution in [3.8, 4) is 5.88 Å². The maximum absolute atomic E-state index is 5.12. The first-order valence-electron chi connectivity index (χ1n) is 6.55. The molecule has 0 saturated carbocycles. The van der Waals surface area contributed by atoms with Crippen LogP contribution in [0.25, 0.3) is 0 Å². The van der Waals surface area contributed by atoms with Gasteiger partial charge in [0.2, 0.25) is 11.8 Å². The lowest BCUT2D eigenvalue weighted by atomic mass is 10.3. The molecule has 102 valence electrons. The minimum Gasteiger partial charge on any atom is -0.481 e. The molecule has 0 bridgehead atoms. The van der Waals surface area contributed by atoms with Gasteiger partial charge in [0.1, 0.15) is 0 Å². The summed E-state index contributed by atoms with van der Waals surface area (Å²) in [4.78, 5) is 11.0. The Morgan fingerprint density at radius 3 is 2.61 bits per heavy atom. The maximum atomic E-state index is 5.12. The molecule has 1 N–H and O–H groups in total. The fraction of sp³-hybridized carbons (Fsp3) is 0.692. The van der Waals surface area contributed by atoms with E-state index in [2.05, 4.69) is 34.0 Å². The van der Waals surface area contributed by atoms with Crippen LogP contribution in [0.4, 0.5) is 5.95 Å². The van der Waals surface area contributed by atoms with E-state index < -0.39 is 0 Å². The molecular weight excluding hydrogens is 228 g/mol. The molecule has 0 fully saturated rings. The summed E-state index contributed by atoms with van der Waals surface area (Å²) in [6.45, 7) is 10.5. The highest BCUT2D eigenvalue weighted by Crippen LogP contribution is 2.10. The summed E-state index contributed by atoms with van der Waals surface area (Å²) in [5.41, 5.74) is 0.910. The van der Waals surface area contributed by atoms with Crippen LogP contribution in [0, 0.1) is 6.92 Å². The second kappa shape index (κ2) is 7.87. The molecule has 0 atom stereocenters. The van der Waals surface area contributed by atoms with Gasteiger partial charge >= 0.3 is 0 Å². The average Bonchev–Trinajstić information content (AvgIpc) is 2.38. The molecule has 0 aliphatic heterocycles. The van der Waals surface area contributed by atoms with Crippen molar-refractivity contribution >= 4 is 5.95 Å². The number of nitrogens with one attached hydrogen (secondary N) is 1. The van der Waals surface area contributed by atoms with Gasteiger partial charge in [0.05, 0.1) is 7.11 Å². The van der Waals surface area contributed by atoms with Gasteiger partial charge in [0, 0.05) is 18.3 Å². The van der Waals surface area contributed by atoms with Crippen molar-refractivity contribution in [2.75, 3.05) is 38.6 Å². The molecule has 0 saturated heterocycles. The van der Waals surface area contributed by atoms with Crippen LogP contribution in [0.2, 0.25) is 0 Å². The molecule has 0 amide bonds. The normalized spacial score (nSPS) is 10.7. The topological polar surface area (TPSA) is 50.3 Å². The van der Waals surface area contributed by atoms with Crippen LogP contribution in [-0.4, -0.2) is 48.2 Å². The molecule has 18 heavy (non-hydrogen) atoms. The van der Waals surface area contributed by atoms with E-state index in [0.717, 1.165) is 38.3 Å². The molecule has 1 aromatic heterocycles. The Morgan fingerprint density at radius 1 is 1.28 bits per heavy atom. The van der Waals surface area contributed by atoms with E-state index >= 15 is 0 Å². The highest BCUT2D eigenvalue weighted by molar-refractivity contribution is 5.30. The molecule has 5 nitrogen and oxygen atoms in total. The van der Waals surface area contributed by atoms with E-state index in [1.165, 1.54) is 0 Å². The third kappa shape index (κ3) is 4.87. The number of hydrogen-bond donors (Lipinski definition) is 1. The molecule has 0 spiro atoms. The Balaban J connectivity index is 2.37. The number of nitrogens with zero attached hydrogens (tertiary/aromatic N) is 3. The summed E-state index contributed by atoms with van der Waals surface area (Å²) in [6, 6.07) is 1.82. The van der Waals surface area contributed by atoms with Gasteiger partial charge in [-0.1, -0.05) is 13.8 Å². The quantitative estimate of drug-likeness (QED) is 0.717. The Kier molecular flexibility index (Phi) is 6.43. The number of methoxy groups -OCH3 is 1. The standard InChI is InChI=1S/C13H24N4O/c1-5-17(6-2)9-7-8-14-13-15-11(3)10-12(16-13)18-4/h10H,5-9H2,1-4H3,(H,14,15,16). The minimum absolute atomic E-state index is 0.605. The van der Waals surface area contributed by atoms with Crippen LogP contribution in [0.5, 0.6) is 5.88 Å². The third-order valence-electron chi connectivity index (χ3n) is 2.87. The Bertz CT molecular complexity index is 353. The molecule has 0 aliphatic carbocycles. The van der Waals surface area contributed by atoms with Crippen molar-refractivity contribution < 1.29 is 4.74 Å². The Morgan fingerprint density at radius 2 is 2.00 bits per heavy atom. The van der Waals surface area contributed by atoms with Gasteiger partial charge in [0.15, 0.2) is 0 Å². The van der Waals surface area contributed by atoms with E-state index in [1.54, 1.807) is 7.11 Å². The highest BCUT2D eigenvalue weighted by atomic mass is 16.5. The zero-order valence-electron chi connectivity index (χ0n) is 11.9. The van der Waals surface area contributed by atoms with Gasteiger partial charge in [-0.25, -0.2) is 4.98 Å². The number of rotatable bonds is 8. The molecular formula is C13H24N4O. The van der Waals surface area contributed by atoms with Crippen LogP contribution in [0.3, 0.4) is 0 Å². The van der Waals surface area contributed by atoms with Crippen molar-refractivity contribution in [3.05, 3.63) is 11.8 Å². The highest BCUT2D eigenvalue weighted by Gasteiger charge is 2.02. The van der Waals surface area contributed by atoms with Crippen LogP contribution >= 0.6 is 0 Å². The second-order valence-electron chi connectivity index (χ2n) is 4.18. The van der Waals surface area contributed by atoms with Gasteiger partial charge in [-0.05, 0) is 33.0 Å². The summed E-state index contributed by atoms with van der Waals surface area (Å²) in [5, 5.41) is 3.23. The van der Waals surface area contributed by atoms with Crippen molar-refractivity contribution in [2.45, 2.75) is 27.2 Å². The van der Waals surface area contributed by atoms with Crippen LogP contribution in [-0.2, 0) is 0 Å². The minimum atomic E-state index is 0.605. The molecule has 1 rings (SSSR count). The fourth-order valence-corrected chi connectivity index (χ4v) is 1.77. The average molecular weight is 252 g/mol. The molecule has 0 aromatic carbocycles. The number of aryl methyl sites for hydroxylation is 1. The third-order valence-corrected chi connectivity index (χ3v) is 2.87. The Hall–Kier alpha value is -1.36. The monoisotopic (exact) mass is 252 g/mol. The number of anilines is 1. The molecule has 5 heteroatoms. The number of aromatic nitrogens is 2. The second-order valence-corrected chi connectivity index (χ2v) is 4.18. The van der Waals surface area contributed by atoms with E-state index in [9.17, 15) is 0 Å². The Labute approximate surface area is 110 Å². The zero-order chi connectivity index (χ0) is 13.4. The van der Waals surface area contributed by atoms with Gasteiger partial charge in [0.25, 0.3) is 0 Å². The summed E-state index contributed by atoms with van der Waals surface area (Å²) in [6.07, 6.45) is 1.08. The predicted octanol–water partition coefficient (Wildman–Crippen LogP) is 1.94. The summed E-state index contributed by atoms with van der Waals surface area (Å²) >= 11 is 0. The largest absolute Gasteiger partial charge is 0.481 e. The van der Waals surface area contributed by atoms with Crippen molar-refractivity contribution in [1.29, 1.82) is 0 Å². The zero-order valence-corrected chi connectivity index (χ0v) is 11.9.